The van der Waals surface area contributed by atoms with E-state index in [1.807, 2.05) is 73.3 Å². The molecule has 10 nitrogen and oxygen atoms in total. The Kier molecular flexibility index (Phi) is 8.27. The molecule has 1 saturated heterocycles. The normalized spacial score (nSPS) is 21.6. The van der Waals surface area contributed by atoms with Crippen LogP contribution in [0.3, 0.4) is 0 Å². The van der Waals surface area contributed by atoms with Gasteiger partial charge in [-0.1, -0.05) is 36.9 Å². The molecule has 4 heterocycles. The molecule has 2 unspecified atom stereocenters. The second-order valence-electron chi connectivity index (χ2n) is 11.2. The van der Waals surface area contributed by atoms with Crippen LogP contribution in [0.5, 0.6) is 11.5 Å². The van der Waals surface area contributed by atoms with Crippen molar-refractivity contribution >= 4 is 41.0 Å². The summed E-state index contributed by atoms with van der Waals surface area (Å²) in [6.45, 7) is 5.29. The maximum atomic E-state index is 13.6. The number of pyridine rings is 1. The number of piperidine rings is 1. The molecule has 3 aliphatic heterocycles. The molecule has 11 heteroatoms. The molecular weight excluding hydrogens is 566 g/mol. The minimum absolute atomic E-state index is 0.0341. The summed E-state index contributed by atoms with van der Waals surface area (Å²) in [6, 6.07) is 16.0. The zero-order chi connectivity index (χ0) is 30.1. The number of likely N-dealkylation sites (tertiary alicyclic amines) is 1. The van der Waals surface area contributed by atoms with Crippen LogP contribution in [0.15, 0.2) is 65.8 Å². The van der Waals surface area contributed by atoms with Crippen LogP contribution in [0.25, 0.3) is 0 Å². The number of nitrogens with zero attached hydrogens (tertiary/aromatic N) is 3. The van der Waals surface area contributed by atoms with Gasteiger partial charge in [0.1, 0.15) is 21.8 Å². The molecule has 0 saturated carbocycles. The van der Waals surface area contributed by atoms with E-state index in [0.717, 1.165) is 40.4 Å². The van der Waals surface area contributed by atoms with E-state index in [1.54, 1.807) is 18.2 Å². The number of hydrogen-bond acceptors (Lipinski definition) is 7. The van der Waals surface area contributed by atoms with Crippen LogP contribution in [-0.2, 0) is 14.3 Å². The SMILES string of the molecule is COC[C@@H](C)C(=O)N1CCC[C@@H](NC(=O)C2Sc3nccc4c3C2NC(=O)N4c2ccc(Oc3ccccc3)cc2C)C1. The Labute approximate surface area is 255 Å². The van der Waals surface area contributed by atoms with Crippen LogP contribution in [0.2, 0.25) is 0 Å². The van der Waals surface area contributed by atoms with Crippen LogP contribution in [-0.4, -0.2) is 65.8 Å². The third kappa shape index (κ3) is 5.79. The van der Waals surface area contributed by atoms with E-state index in [1.165, 1.54) is 11.8 Å². The summed E-state index contributed by atoms with van der Waals surface area (Å²) < 4.78 is 11.1. The number of hydrogen-bond donors (Lipinski definition) is 2. The molecule has 3 aliphatic rings. The van der Waals surface area contributed by atoms with Crippen LogP contribution in [0, 0.1) is 12.8 Å². The first-order valence-electron chi connectivity index (χ1n) is 14.5. The Balaban J connectivity index is 1.18. The van der Waals surface area contributed by atoms with E-state index in [2.05, 4.69) is 15.6 Å². The molecule has 0 spiro atoms. The molecule has 0 aliphatic carbocycles. The molecule has 2 aromatic carbocycles. The fourth-order valence-corrected chi connectivity index (χ4v) is 7.28. The van der Waals surface area contributed by atoms with Crippen molar-refractivity contribution in [2.45, 2.75) is 49.0 Å². The van der Waals surface area contributed by atoms with E-state index in [-0.39, 0.29) is 29.8 Å². The third-order valence-electron chi connectivity index (χ3n) is 8.07. The number of ether oxygens (including phenoxy) is 2. The molecule has 0 radical (unpaired) electrons. The summed E-state index contributed by atoms with van der Waals surface area (Å²) in [5.41, 5.74) is 3.13. The number of carbonyl (C=O) groups excluding carboxylic acids is 3. The molecule has 0 bridgehead atoms. The summed E-state index contributed by atoms with van der Waals surface area (Å²) in [5, 5.41) is 6.40. The quantitative estimate of drug-likeness (QED) is 0.376. The maximum Gasteiger partial charge on any atom is 0.327 e. The lowest BCUT2D eigenvalue weighted by Crippen LogP contribution is -2.54. The molecule has 4 atom stereocenters. The summed E-state index contributed by atoms with van der Waals surface area (Å²) >= 11 is 1.36. The average Bonchev–Trinajstić information content (AvgIpc) is 3.38. The number of para-hydroxylation sites is 1. The van der Waals surface area contributed by atoms with Gasteiger partial charge in [0.05, 0.1) is 29.9 Å². The van der Waals surface area contributed by atoms with Crippen molar-refractivity contribution in [3.8, 4) is 11.5 Å². The number of rotatable bonds is 8. The van der Waals surface area contributed by atoms with Gasteiger partial charge in [-0.25, -0.2) is 9.78 Å². The highest BCUT2D eigenvalue weighted by Gasteiger charge is 2.47. The Hall–Kier alpha value is -4.09. The second kappa shape index (κ2) is 12.3. The number of aromatic nitrogens is 1. The average molecular weight is 602 g/mol. The molecule has 224 valence electrons. The fourth-order valence-electron chi connectivity index (χ4n) is 6.04. The topological polar surface area (TPSA) is 113 Å². The summed E-state index contributed by atoms with van der Waals surface area (Å²) in [5.74, 6) is 1.03. The standard InChI is InChI=1S/C32H35N5O5S/c1-19-16-23(42-22-9-5-4-6-10-22)11-12-24(19)37-25-13-14-33-30-26(25)27(35-32(37)40)28(43-30)29(38)34-21-8-7-15-36(17-21)31(39)20(2)18-41-3/h4-6,9-14,16,20-21,27-28H,7-8,15,17-18H2,1-3H3,(H,34,38)(H,35,40)/t20-,21-,27?,28?/m1/s1. The van der Waals surface area contributed by atoms with Crippen molar-refractivity contribution in [3.63, 3.8) is 0 Å². The summed E-state index contributed by atoms with van der Waals surface area (Å²) in [7, 11) is 1.59. The lowest BCUT2D eigenvalue weighted by molar-refractivity contribution is -0.138. The minimum atomic E-state index is -0.573. The highest BCUT2D eigenvalue weighted by molar-refractivity contribution is 8.01. The predicted octanol–water partition coefficient (Wildman–Crippen LogP) is 4.95. The molecule has 6 rings (SSSR count). The molecule has 1 fully saturated rings. The predicted molar refractivity (Wildman–Crippen MR) is 164 cm³/mol. The number of anilines is 2. The van der Waals surface area contributed by atoms with Crippen molar-refractivity contribution in [1.29, 1.82) is 0 Å². The Morgan fingerprint density at radius 1 is 1.14 bits per heavy atom. The molecular formula is C32H35N5O5S. The van der Waals surface area contributed by atoms with Gasteiger partial charge in [-0.3, -0.25) is 14.5 Å². The number of aryl methyl sites for hydroxylation is 1. The van der Waals surface area contributed by atoms with Crippen molar-refractivity contribution in [2.75, 3.05) is 31.7 Å². The Morgan fingerprint density at radius 2 is 1.95 bits per heavy atom. The number of urea groups is 1. The lowest BCUT2D eigenvalue weighted by atomic mass is 9.98. The highest BCUT2D eigenvalue weighted by atomic mass is 32.2. The first kappa shape index (κ1) is 29.0. The zero-order valence-electron chi connectivity index (χ0n) is 24.4. The lowest BCUT2D eigenvalue weighted by Gasteiger charge is -2.36. The zero-order valence-corrected chi connectivity index (χ0v) is 25.2. The van der Waals surface area contributed by atoms with Gasteiger partial charge >= 0.3 is 6.03 Å². The summed E-state index contributed by atoms with van der Waals surface area (Å²) in [6.07, 6.45) is 3.28. The van der Waals surface area contributed by atoms with Crippen molar-refractivity contribution in [3.05, 3.63) is 71.9 Å². The maximum absolute atomic E-state index is 13.6. The number of amides is 4. The van der Waals surface area contributed by atoms with Gasteiger partial charge in [0.15, 0.2) is 0 Å². The number of nitrogens with one attached hydrogen (secondary N) is 2. The van der Waals surface area contributed by atoms with Gasteiger partial charge in [0, 0.05) is 38.0 Å². The molecule has 43 heavy (non-hydrogen) atoms. The Morgan fingerprint density at radius 3 is 2.72 bits per heavy atom. The molecule has 1 aromatic heterocycles. The fraction of sp³-hybridized carbons (Fsp3) is 0.375. The van der Waals surface area contributed by atoms with Gasteiger partial charge in [0.25, 0.3) is 0 Å². The van der Waals surface area contributed by atoms with Gasteiger partial charge < -0.3 is 25.0 Å². The van der Waals surface area contributed by atoms with Gasteiger partial charge in [-0.2, -0.15) is 0 Å². The van der Waals surface area contributed by atoms with Crippen LogP contribution < -0.4 is 20.3 Å². The van der Waals surface area contributed by atoms with Crippen LogP contribution >= 0.6 is 11.8 Å². The largest absolute Gasteiger partial charge is 0.457 e. The van der Waals surface area contributed by atoms with E-state index in [0.29, 0.717) is 31.1 Å². The number of thioether (sulfide) groups is 1. The summed E-state index contributed by atoms with van der Waals surface area (Å²) in [4.78, 5) is 48.1. The third-order valence-corrected chi connectivity index (χ3v) is 9.36. The first-order chi connectivity index (χ1) is 20.8. The smallest absolute Gasteiger partial charge is 0.327 e. The van der Waals surface area contributed by atoms with E-state index >= 15 is 0 Å². The van der Waals surface area contributed by atoms with Gasteiger partial charge in [0.2, 0.25) is 11.8 Å². The first-order valence-corrected chi connectivity index (χ1v) is 15.4. The van der Waals surface area contributed by atoms with Crippen LogP contribution in [0.4, 0.5) is 16.2 Å². The van der Waals surface area contributed by atoms with E-state index < -0.39 is 11.3 Å². The van der Waals surface area contributed by atoms with Gasteiger partial charge in [-0.15, -0.1) is 0 Å². The van der Waals surface area contributed by atoms with Crippen LogP contribution in [0.1, 0.15) is 36.9 Å². The van der Waals surface area contributed by atoms with E-state index in [9.17, 15) is 14.4 Å². The Bertz CT molecular complexity index is 1540. The number of carbonyl (C=O) groups is 3. The van der Waals surface area contributed by atoms with Crippen molar-refractivity contribution in [1.82, 2.24) is 20.5 Å². The molecule has 4 amide bonds. The molecule has 2 N–H and O–H groups in total. The number of benzene rings is 2. The van der Waals surface area contributed by atoms with Crippen molar-refractivity contribution in [2.24, 2.45) is 5.92 Å². The minimum Gasteiger partial charge on any atom is -0.457 e. The molecule has 3 aromatic rings. The van der Waals surface area contributed by atoms with Gasteiger partial charge in [-0.05, 0) is 61.7 Å². The number of methoxy groups -OCH3 is 1. The second-order valence-corrected chi connectivity index (χ2v) is 12.3. The monoisotopic (exact) mass is 601 g/mol. The van der Waals surface area contributed by atoms with Crippen molar-refractivity contribution < 1.29 is 23.9 Å². The van der Waals surface area contributed by atoms with E-state index in [4.69, 9.17) is 9.47 Å². The highest BCUT2D eigenvalue weighted by Crippen LogP contribution is 2.51.